The van der Waals surface area contributed by atoms with Crippen LogP contribution in [0.5, 0.6) is 0 Å². The molecule has 0 aliphatic heterocycles. The molecule has 1 aromatic heterocycles. The van der Waals surface area contributed by atoms with Gasteiger partial charge in [-0.05, 0) is 44.0 Å². The van der Waals surface area contributed by atoms with Gasteiger partial charge in [-0.25, -0.2) is 0 Å². The number of nitrogens with two attached hydrogens (primary N) is 1. The van der Waals surface area contributed by atoms with Crippen LogP contribution in [0.4, 0.5) is 11.4 Å². The van der Waals surface area contributed by atoms with Gasteiger partial charge in [-0.15, -0.1) is 0 Å². The Labute approximate surface area is 112 Å². The highest BCUT2D eigenvalue weighted by molar-refractivity contribution is 6.05. The van der Waals surface area contributed by atoms with E-state index in [9.17, 15) is 4.79 Å². The highest BCUT2D eigenvalue weighted by Crippen LogP contribution is 2.26. The van der Waals surface area contributed by atoms with Gasteiger partial charge in [0, 0.05) is 7.05 Å². The molecule has 0 saturated carbocycles. The molecule has 3 N–H and O–H groups in total. The van der Waals surface area contributed by atoms with Crippen LogP contribution < -0.4 is 11.1 Å². The molecule has 100 valence electrons. The summed E-state index contributed by atoms with van der Waals surface area (Å²) in [5.74, 6) is -0.205. The number of nitrogens with zero attached hydrogens (tertiary/aromatic N) is 2. The molecule has 19 heavy (non-hydrogen) atoms. The zero-order chi connectivity index (χ0) is 14.2. The Morgan fingerprint density at radius 2 is 2.00 bits per heavy atom. The number of amides is 1. The van der Waals surface area contributed by atoms with Crippen LogP contribution >= 0.6 is 0 Å². The van der Waals surface area contributed by atoms with Crippen LogP contribution in [0.1, 0.15) is 27.3 Å². The summed E-state index contributed by atoms with van der Waals surface area (Å²) >= 11 is 0. The van der Waals surface area contributed by atoms with E-state index in [-0.39, 0.29) is 5.91 Å². The molecular formula is C14H18N4O. The van der Waals surface area contributed by atoms with E-state index in [1.165, 1.54) is 0 Å². The van der Waals surface area contributed by atoms with Crippen molar-refractivity contribution in [2.75, 3.05) is 11.1 Å². The van der Waals surface area contributed by atoms with E-state index in [0.29, 0.717) is 17.1 Å². The van der Waals surface area contributed by atoms with Gasteiger partial charge >= 0.3 is 0 Å². The molecule has 0 aliphatic carbocycles. The molecule has 2 rings (SSSR count). The fraction of sp³-hybridized carbons (Fsp3) is 0.286. The zero-order valence-corrected chi connectivity index (χ0v) is 11.6. The molecule has 2 aromatic rings. The summed E-state index contributed by atoms with van der Waals surface area (Å²) in [4.78, 5) is 12.2. The molecule has 5 nitrogen and oxygen atoms in total. The average Bonchev–Trinajstić information content (AvgIpc) is 2.69. The minimum absolute atomic E-state index is 0.205. The number of aryl methyl sites for hydroxylation is 3. The van der Waals surface area contributed by atoms with Gasteiger partial charge in [-0.3, -0.25) is 9.48 Å². The van der Waals surface area contributed by atoms with Gasteiger partial charge < -0.3 is 11.1 Å². The Bertz CT molecular complexity index is 643. The number of rotatable bonds is 2. The molecule has 0 unspecified atom stereocenters. The van der Waals surface area contributed by atoms with Gasteiger partial charge in [0.1, 0.15) is 5.69 Å². The first-order valence-electron chi connectivity index (χ1n) is 6.08. The lowest BCUT2D eigenvalue weighted by molar-refractivity contribution is 0.101. The topological polar surface area (TPSA) is 72.9 Å². The smallest absolute Gasteiger partial charge is 0.273 e. The quantitative estimate of drug-likeness (QED) is 0.811. The minimum atomic E-state index is -0.205. The molecule has 5 heteroatoms. The Hall–Kier alpha value is -2.30. The second-order valence-electron chi connectivity index (χ2n) is 4.72. The Balaban J connectivity index is 2.34. The van der Waals surface area contributed by atoms with Crippen LogP contribution in [0.25, 0.3) is 0 Å². The van der Waals surface area contributed by atoms with Crippen molar-refractivity contribution in [2.45, 2.75) is 20.8 Å². The first kappa shape index (κ1) is 13.1. The van der Waals surface area contributed by atoms with E-state index in [2.05, 4.69) is 10.4 Å². The predicted molar refractivity (Wildman–Crippen MR) is 76.2 cm³/mol. The molecule has 1 amide bonds. The van der Waals surface area contributed by atoms with Crippen molar-refractivity contribution in [2.24, 2.45) is 7.05 Å². The maximum atomic E-state index is 12.2. The molecule has 0 bridgehead atoms. The van der Waals surface area contributed by atoms with Crippen molar-refractivity contribution in [3.8, 4) is 0 Å². The Morgan fingerprint density at radius 3 is 2.58 bits per heavy atom. The number of carbonyl (C=O) groups excluding carboxylic acids is 1. The molecule has 0 atom stereocenters. The summed E-state index contributed by atoms with van der Waals surface area (Å²) in [5, 5.41) is 7.03. The number of carbonyl (C=O) groups is 1. The van der Waals surface area contributed by atoms with Crippen LogP contribution in [0.15, 0.2) is 18.2 Å². The predicted octanol–water partition coefficient (Wildman–Crippen LogP) is 2.18. The summed E-state index contributed by atoms with van der Waals surface area (Å²) in [6.45, 7) is 5.78. The van der Waals surface area contributed by atoms with Crippen LogP contribution in [0.2, 0.25) is 0 Å². The summed E-state index contributed by atoms with van der Waals surface area (Å²) in [7, 11) is 1.74. The van der Waals surface area contributed by atoms with Gasteiger partial charge in [0.15, 0.2) is 0 Å². The van der Waals surface area contributed by atoms with Crippen molar-refractivity contribution >= 4 is 17.3 Å². The lowest BCUT2D eigenvalue weighted by Crippen LogP contribution is -2.18. The zero-order valence-electron chi connectivity index (χ0n) is 11.6. The van der Waals surface area contributed by atoms with E-state index < -0.39 is 0 Å². The van der Waals surface area contributed by atoms with Crippen LogP contribution in [-0.2, 0) is 7.05 Å². The van der Waals surface area contributed by atoms with Gasteiger partial charge in [0.25, 0.3) is 5.91 Å². The Kier molecular flexibility index (Phi) is 3.29. The van der Waals surface area contributed by atoms with Crippen molar-refractivity contribution < 1.29 is 4.79 Å². The van der Waals surface area contributed by atoms with Gasteiger partial charge in [-0.1, -0.05) is 6.07 Å². The Morgan fingerprint density at radius 1 is 1.32 bits per heavy atom. The monoisotopic (exact) mass is 258 g/mol. The average molecular weight is 258 g/mol. The van der Waals surface area contributed by atoms with Gasteiger partial charge in [0.05, 0.1) is 17.1 Å². The molecule has 0 saturated heterocycles. The summed E-state index contributed by atoms with van der Waals surface area (Å²) in [5.41, 5.74) is 10.5. The number of hydrogen-bond donors (Lipinski definition) is 2. The van der Waals surface area contributed by atoms with Crippen LogP contribution in [-0.4, -0.2) is 15.7 Å². The third-order valence-electron chi connectivity index (χ3n) is 3.24. The van der Waals surface area contributed by atoms with Crippen molar-refractivity contribution in [3.63, 3.8) is 0 Å². The molecule has 0 radical (unpaired) electrons. The second kappa shape index (κ2) is 4.76. The fourth-order valence-corrected chi connectivity index (χ4v) is 2.00. The van der Waals surface area contributed by atoms with E-state index >= 15 is 0 Å². The third-order valence-corrected chi connectivity index (χ3v) is 3.24. The highest BCUT2D eigenvalue weighted by Gasteiger charge is 2.15. The number of anilines is 2. The van der Waals surface area contributed by atoms with Gasteiger partial charge in [0.2, 0.25) is 0 Å². The maximum absolute atomic E-state index is 12.2. The number of nitrogen functional groups attached to an aromatic ring is 1. The normalized spacial score (nSPS) is 10.5. The lowest BCUT2D eigenvalue weighted by Gasteiger charge is -2.13. The van der Waals surface area contributed by atoms with Crippen LogP contribution in [0, 0.1) is 20.8 Å². The largest absolute Gasteiger partial charge is 0.397 e. The van der Waals surface area contributed by atoms with E-state index in [0.717, 1.165) is 16.8 Å². The first-order chi connectivity index (χ1) is 8.90. The molecular weight excluding hydrogens is 240 g/mol. The van der Waals surface area contributed by atoms with E-state index in [1.807, 2.05) is 26.8 Å². The maximum Gasteiger partial charge on any atom is 0.273 e. The number of benzene rings is 1. The number of aromatic nitrogens is 2. The summed E-state index contributed by atoms with van der Waals surface area (Å²) in [6, 6.07) is 5.48. The van der Waals surface area contributed by atoms with Crippen molar-refractivity contribution in [1.82, 2.24) is 9.78 Å². The molecule has 1 heterocycles. The standard InChI is InChI=1S/C14H18N4O/c1-8-5-6-11(15)13(10(8)3)16-14(19)12-7-9(2)17-18(12)4/h5-7H,15H2,1-4H3,(H,16,19). The molecule has 0 spiro atoms. The summed E-state index contributed by atoms with van der Waals surface area (Å²) in [6.07, 6.45) is 0. The number of nitrogens with one attached hydrogen (secondary N) is 1. The van der Waals surface area contributed by atoms with E-state index in [4.69, 9.17) is 5.73 Å². The molecule has 1 aromatic carbocycles. The minimum Gasteiger partial charge on any atom is -0.397 e. The molecule has 0 aliphatic rings. The third kappa shape index (κ3) is 2.45. The SMILES string of the molecule is Cc1cc(C(=O)Nc2c(N)ccc(C)c2C)n(C)n1. The van der Waals surface area contributed by atoms with Crippen LogP contribution in [0.3, 0.4) is 0 Å². The lowest BCUT2D eigenvalue weighted by atomic mass is 10.1. The number of hydrogen-bond acceptors (Lipinski definition) is 3. The fourth-order valence-electron chi connectivity index (χ4n) is 2.00. The van der Waals surface area contributed by atoms with Crippen molar-refractivity contribution in [3.05, 3.63) is 40.7 Å². The second-order valence-corrected chi connectivity index (χ2v) is 4.72. The van der Waals surface area contributed by atoms with Crippen molar-refractivity contribution in [1.29, 1.82) is 0 Å². The first-order valence-corrected chi connectivity index (χ1v) is 6.08. The van der Waals surface area contributed by atoms with Gasteiger partial charge in [-0.2, -0.15) is 5.10 Å². The summed E-state index contributed by atoms with van der Waals surface area (Å²) < 4.78 is 1.56. The van der Waals surface area contributed by atoms with E-state index in [1.54, 1.807) is 23.9 Å². The highest BCUT2D eigenvalue weighted by atomic mass is 16.2. The molecule has 0 fully saturated rings.